The first-order valence-corrected chi connectivity index (χ1v) is 11.2. The molecule has 0 bridgehead atoms. The van der Waals surface area contributed by atoms with Gasteiger partial charge in [0.2, 0.25) is 0 Å². The molecule has 3 rings (SSSR count). The van der Waals surface area contributed by atoms with Crippen LogP contribution in [0, 0.1) is 12.8 Å². The van der Waals surface area contributed by atoms with Gasteiger partial charge in [0.25, 0.3) is 5.91 Å². The Bertz CT molecular complexity index is 845. The molecule has 0 saturated carbocycles. The molecule has 2 unspecified atom stereocenters. The number of rotatable bonds is 7. The lowest BCUT2D eigenvalue weighted by Crippen LogP contribution is -2.36. The van der Waals surface area contributed by atoms with Crippen molar-refractivity contribution in [2.75, 3.05) is 18.0 Å². The van der Waals surface area contributed by atoms with Crippen LogP contribution in [0.25, 0.3) is 0 Å². The molecule has 0 radical (unpaired) electrons. The number of amides is 1. The van der Waals surface area contributed by atoms with Crippen LogP contribution in [0.1, 0.15) is 63.1 Å². The lowest BCUT2D eigenvalue weighted by molar-refractivity contribution is -0.127. The fraction of sp³-hybridized carbons (Fsp3) is 0.500. The Balaban J connectivity index is 1.54. The SMILES string of the molecule is Cc1ccc(C(C)C)c(OC(C)C(=O)NCc2ccc(N3CCCC(C)C3)cc2)c1. The van der Waals surface area contributed by atoms with E-state index < -0.39 is 6.10 Å². The van der Waals surface area contributed by atoms with Gasteiger partial charge in [-0.2, -0.15) is 0 Å². The topological polar surface area (TPSA) is 41.6 Å². The second kappa shape index (κ2) is 10.0. The van der Waals surface area contributed by atoms with Gasteiger partial charge < -0.3 is 15.0 Å². The molecule has 1 heterocycles. The predicted octanol–water partition coefficient (Wildman–Crippen LogP) is 5.44. The fourth-order valence-electron chi connectivity index (χ4n) is 4.05. The van der Waals surface area contributed by atoms with Crippen molar-refractivity contribution in [1.29, 1.82) is 0 Å². The number of hydrogen-bond donors (Lipinski definition) is 1. The van der Waals surface area contributed by atoms with Crippen molar-refractivity contribution < 1.29 is 9.53 Å². The Morgan fingerprint density at radius 2 is 1.90 bits per heavy atom. The highest BCUT2D eigenvalue weighted by molar-refractivity contribution is 5.80. The summed E-state index contributed by atoms with van der Waals surface area (Å²) in [7, 11) is 0. The van der Waals surface area contributed by atoms with Gasteiger partial charge in [-0.05, 0) is 73.4 Å². The second-order valence-electron chi connectivity index (χ2n) is 9.03. The summed E-state index contributed by atoms with van der Waals surface area (Å²) in [5.74, 6) is 1.80. The molecule has 1 aliphatic heterocycles. The van der Waals surface area contributed by atoms with Crippen LogP contribution < -0.4 is 15.0 Å². The van der Waals surface area contributed by atoms with E-state index in [4.69, 9.17) is 4.74 Å². The van der Waals surface area contributed by atoms with Crippen LogP contribution in [-0.4, -0.2) is 25.1 Å². The first kappa shape index (κ1) is 22.2. The van der Waals surface area contributed by atoms with Crippen LogP contribution in [0.5, 0.6) is 5.75 Å². The van der Waals surface area contributed by atoms with Crippen molar-refractivity contribution >= 4 is 11.6 Å². The van der Waals surface area contributed by atoms with Gasteiger partial charge >= 0.3 is 0 Å². The van der Waals surface area contributed by atoms with Crippen molar-refractivity contribution in [2.24, 2.45) is 5.92 Å². The van der Waals surface area contributed by atoms with Crippen molar-refractivity contribution in [3.8, 4) is 5.75 Å². The highest BCUT2D eigenvalue weighted by atomic mass is 16.5. The van der Waals surface area contributed by atoms with E-state index in [1.807, 2.05) is 19.9 Å². The number of aryl methyl sites for hydroxylation is 1. The highest BCUT2D eigenvalue weighted by Gasteiger charge is 2.18. The molecule has 4 heteroatoms. The van der Waals surface area contributed by atoms with Crippen LogP contribution in [0.15, 0.2) is 42.5 Å². The standard InChI is InChI=1S/C26H36N2O2/c1-18(2)24-13-8-19(3)15-25(24)30-21(5)26(29)27-16-22-9-11-23(12-10-22)28-14-6-7-20(4)17-28/h8-13,15,18,20-21H,6-7,14,16-17H2,1-5H3,(H,27,29). The molecular weight excluding hydrogens is 372 g/mol. The van der Waals surface area contributed by atoms with Gasteiger partial charge in [0.05, 0.1) is 0 Å². The summed E-state index contributed by atoms with van der Waals surface area (Å²) in [5.41, 5.74) is 4.63. The van der Waals surface area contributed by atoms with E-state index in [0.717, 1.165) is 41.4 Å². The molecule has 1 N–H and O–H groups in total. The Labute approximate surface area is 181 Å². The minimum Gasteiger partial charge on any atom is -0.481 e. The zero-order chi connectivity index (χ0) is 21.7. The Morgan fingerprint density at radius 1 is 1.17 bits per heavy atom. The summed E-state index contributed by atoms with van der Waals surface area (Å²) >= 11 is 0. The number of piperidine rings is 1. The first-order chi connectivity index (χ1) is 14.3. The molecule has 1 amide bonds. The van der Waals surface area contributed by atoms with Crippen molar-refractivity contribution in [1.82, 2.24) is 5.32 Å². The van der Waals surface area contributed by atoms with Gasteiger partial charge in [0.15, 0.2) is 6.10 Å². The smallest absolute Gasteiger partial charge is 0.261 e. The van der Waals surface area contributed by atoms with Crippen molar-refractivity contribution in [2.45, 2.75) is 66.0 Å². The molecule has 1 saturated heterocycles. The molecule has 2 aromatic carbocycles. The average molecular weight is 409 g/mol. The van der Waals surface area contributed by atoms with Gasteiger partial charge in [-0.1, -0.05) is 45.0 Å². The van der Waals surface area contributed by atoms with Gasteiger partial charge in [-0.25, -0.2) is 0 Å². The third kappa shape index (κ3) is 5.78. The molecule has 2 aromatic rings. The maximum atomic E-state index is 12.6. The summed E-state index contributed by atoms with van der Waals surface area (Å²) in [6.07, 6.45) is 2.04. The van der Waals surface area contributed by atoms with E-state index in [1.165, 1.54) is 18.5 Å². The van der Waals surface area contributed by atoms with Crippen LogP contribution >= 0.6 is 0 Å². The van der Waals surface area contributed by atoms with E-state index in [2.05, 4.69) is 67.4 Å². The zero-order valence-corrected chi connectivity index (χ0v) is 19.1. The Kier molecular flexibility index (Phi) is 7.41. The molecular formula is C26H36N2O2. The number of carbonyl (C=O) groups is 1. The number of benzene rings is 2. The minimum absolute atomic E-state index is 0.0971. The normalized spacial score (nSPS) is 17.7. The van der Waals surface area contributed by atoms with Crippen LogP contribution in [0.3, 0.4) is 0 Å². The molecule has 2 atom stereocenters. The summed E-state index contributed by atoms with van der Waals surface area (Å²) in [6.45, 7) is 13.2. The molecule has 0 aliphatic carbocycles. The first-order valence-electron chi connectivity index (χ1n) is 11.2. The summed E-state index contributed by atoms with van der Waals surface area (Å²) < 4.78 is 6.03. The fourth-order valence-corrected chi connectivity index (χ4v) is 4.05. The highest BCUT2D eigenvalue weighted by Crippen LogP contribution is 2.28. The van der Waals surface area contributed by atoms with Gasteiger partial charge in [-0.15, -0.1) is 0 Å². The predicted molar refractivity (Wildman–Crippen MR) is 124 cm³/mol. The molecule has 162 valence electrons. The third-order valence-electron chi connectivity index (χ3n) is 5.89. The Hall–Kier alpha value is -2.49. The van der Waals surface area contributed by atoms with Gasteiger partial charge in [0.1, 0.15) is 5.75 Å². The number of hydrogen-bond acceptors (Lipinski definition) is 3. The number of nitrogens with one attached hydrogen (secondary N) is 1. The largest absolute Gasteiger partial charge is 0.481 e. The number of ether oxygens (including phenoxy) is 1. The lowest BCUT2D eigenvalue weighted by atomic mass is 9.99. The van der Waals surface area contributed by atoms with Gasteiger partial charge in [-0.3, -0.25) is 4.79 Å². The molecule has 0 aromatic heterocycles. The van der Waals surface area contributed by atoms with Crippen molar-refractivity contribution in [3.05, 3.63) is 59.2 Å². The minimum atomic E-state index is -0.543. The average Bonchev–Trinajstić information content (AvgIpc) is 2.72. The van der Waals surface area contributed by atoms with E-state index in [-0.39, 0.29) is 5.91 Å². The van der Waals surface area contributed by atoms with Crippen LogP contribution in [0.2, 0.25) is 0 Å². The Morgan fingerprint density at radius 3 is 2.57 bits per heavy atom. The summed E-state index contributed by atoms with van der Waals surface area (Å²) in [5, 5.41) is 3.01. The maximum Gasteiger partial charge on any atom is 0.261 e. The number of carbonyl (C=O) groups excluding carboxylic acids is 1. The van der Waals surface area contributed by atoms with E-state index >= 15 is 0 Å². The molecule has 0 spiro atoms. The summed E-state index contributed by atoms with van der Waals surface area (Å²) in [6, 6.07) is 14.7. The van der Waals surface area contributed by atoms with Crippen LogP contribution in [-0.2, 0) is 11.3 Å². The van der Waals surface area contributed by atoms with Crippen molar-refractivity contribution in [3.63, 3.8) is 0 Å². The third-order valence-corrected chi connectivity index (χ3v) is 5.89. The molecule has 4 nitrogen and oxygen atoms in total. The molecule has 30 heavy (non-hydrogen) atoms. The summed E-state index contributed by atoms with van der Waals surface area (Å²) in [4.78, 5) is 15.1. The van der Waals surface area contributed by atoms with E-state index in [0.29, 0.717) is 12.5 Å². The zero-order valence-electron chi connectivity index (χ0n) is 19.1. The number of anilines is 1. The maximum absolute atomic E-state index is 12.6. The number of nitrogens with zero attached hydrogens (tertiary/aromatic N) is 1. The van der Waals surface area contributed by atoms with Gasteiger partial charge in [0, 0.05) is 25.3 Å². The van der Waals surface area contributed by atoms with E-state index in [9.17, 15) is 4.79 Å². The molecule has 1 aliphatic rings. The quantitative estimate of drug-likeness (QED) is 0.663. The second-order valence-corrected chi connectivity index (χ2v) is 9.03. The monoisotopic (exact) mass is 408 g/mol. The van der Waals surface area contributed by atoms with E-state index in [1.54, 1.807) is 0 Å². The molecule has 1 fully saturated rings. The lowest BCUT2D eigenvalue weighted by Gasteiger charge is -2.32. The van der Waals surface area contributed by atoms with Crippen LogP contribution in [0.4, 0.5) is 5.69 Å².